The minimum atomic E-state index is 0.305. The molecular formula is C23H32N4O. The minimum Gasteiger partial charge on any atom is -0.383 e. The van der Waals surface area contributed by atoms with Gasteiger partial charge in [-0.15, -0.1) is 0 Å². The molecule has 0 aliphatic carbocycles. The van der Waals surface area contributed by atoms with Crippen LogP contribution in [0.5, 0.6) is 0 Å². The van der Waals surface area contributed by atoms with Gasteiger partial charge in [-0.1, -0.05) is 20.8 Å². The fourth-order valence-electron chi connectivity index (χ4n) is 3.80. The van der Waals surface area contributed by atoms with Crippen molar-refractivity contribution in [2.24, 2.45) is 5.73 Å². The quantitative estimate of drug-likeness (QED) is 0.633. The van der Waals surface area contributed by atoms with Crippen LogP contribution in [0.4, 0.5) is 0 Å². The van der Waals surface area contributed by atoms with E-state index in [0.29, 0.717) is 25.1 Å². The van der Waals surface area contributed by atoms with E-state index in [1.165, 1.54) is 5.56 Å². The van der Waals surface area contributed by atoms with Gasteiger partial charge in [0, 0.05) is 31.1 Å². The van der Waals surface area contributed by atoms with Crippen molar-refractivity contribution in [1.29, 1.82) is 0 Å². The van der Waals surface area contributed by atoms with E-state index in [-0.39, 0.29) is 0 Å². The third kappa shape index (κ3) is 3.69. The first-order chi connectivity index (χ1) is 13.4. The monoisotopic (exact) mass is 380 g/mol. The first kappa shape index (κ1) is 20.5. The highest BCUT2D eigenvalue weighted by Crippen LogP contribution is 2.32. The van der Waals surface area contributed by atoms with Gasteiger partial charge in [-0.2, -0.15) is 0 Å². The zero-order valence-electron chi connectivity index (χ0n) is 17.9. The third-order valence-electron chi connectivity index (χ3n) is 5.44. The second kappa shape index (κ2) is 8.41. The average molecular weight is 381 g/mol. The summed E-state index contributed by atoms with van der Waals surface area (Å²) in [5.41, 5.74) is 14.5. The Bertz CT molecular complexity index is 974. The summed E-state index contributed by atoms with van der Waals surface area (Å²) in [6.45, 7) is 11.8. The van der Waals surface area contributed by atoms with Crippen molar-refractivity contribution in [1.82, 2.24) is 14.5 Å². The highest BCUT2D eigenvalue weighted by Gasteiger charge is 2.18. The third-order valence-corrected chi connectivity index (χ3v) is 5.44. The van der Waals surface area contributed by atoms with Gasteiger partial charge < -0.3 is 15.0 Å². The Hall–Kier alpha value is -2.24. The number of hydrogen-bond acceptors (Lipinski definition) is 4. The molecule has 1 atom stereocenters. The molecule has 150 valence electrons. The molecule has 0 bridgehead atoms. The van der Waals surface area contributed by atoms with Crippen LogP contribution in [0.3, 0.4) is 0 Å². The molecule has 0 aliphatic rings. The average Bonchev–Trinajstić information content (AvgIpc) is 3.00. The van der Waals surface area contributed by atoms with Crippen LogP contribution in [0.2, 0.25) is 0 Å². The Labute approximate surface area is 167 Å². The predicted octanol–water partition coefficient (Wildman–Crippen LogP) is 4.89. The zero-order chi connectivity index (χ0) is 20.4. The van der Waals surface area contributed by atoms with E-state index in [4.69, 9.17) is 20.4 Å². The van der Waals surface area contributed by atoms with Crippen molar-refractivity contribution in [3.8, 4) is 11.3 Å². The minimum absolute atomic E-state index is 0.305. The Balaban J connectivity index is 2.17. The molecule has 0 fully saturated rings. The van der Waals surface area contributed by atoms with Gasteiger partial charge in [0.15, 0.2) is 0 Å². The molecule has 3 rings (SSSR count). The molecule has 5 heteroatoms. The molecule has 0 saturated heterocycles. The maximum absolute atomic E-state index is 6.04. The van der Waals surface area contributed by atoms with Crippen LogP contribution in [0.1, 0.15) is 61.7 Å². The van der Waals surface area contributed by atoms with Gasteiger partial charge in [0.05, 0.1) is 35.1 Å². The molecule has 0 radical (unpaired) electrons. The zero-order valence-corrected chi connectivity index (χ0v) is 17.9. The molecule has 3 heterocycles. The normalized spacial score (nSPS) is 12.9. The van der Waals surface area contributed by atoms with Crippen molar-refractivity contribution >= 4 is 11.0 Å². The maximum atomic E-state index is 6.04. The molecule has 28 heavy (non-hydrogen) atoms. The smallest absolute Gasteiger partial charge is 0.0917 e. The number of methoxy groups -OCH3 is 1. The van der Waals surface area contributed by atoms with E-state index in [9.17, 15) is 0 Å². The lowest BCUT2D eigenvalue weighted by Crippen LogP contribution is -2.13. The lowest BCUT2D eigenvalue weighted by Gasteiger charge is -2.18. The number of nitrogens with zero attached hydrogens (tertiary/aromatic N) is 3. The summed E-state index contributed by atoms with van der Waals surface area (Å²) in [5.74, 6) is 0.374. The molecular weight excluding hydrogens is 348 g/mol. The van der Waals surface area contributed by atoms with E-state index in [1.807, 2.05) is 0 Å². The number of rotatable bonds is 7. The van der Waals surface area contributed by atoms with E-state index in [1.54, 1.807) is 7.11 Å². The van der Waals surface area contributed by atoms with E-state index in [0.717, 1.165) is 45.7 Å². The molecule has 0 unspecified atom stereocenters. The number of hydrogen-bond donors (Lipinski definition) is 1. The second-order valence-corrected chi connectivity index (χ2v) is 7.85. The topological polar surface area (TPSA) is 66.0 Å². The maximum Gasteiger partial charge on any atom is 0.0917 e. The van der Waals surface area contributed by atoms with Crippen LogP contribution in [0.15, 0.2) is 24.4 Å². The Morgan fingerprint density at radius 3 is 2.50 bits per heavy atom. The Morgan fingerprint density at radius 1 is 1.14 bits per heavy atom. The van der Waals surface area contributed by atoms with Crippen LogP contribution < -0.4 is 5.73 Å². The van der Waals surface area contributed by atoms with Gasteiger partial charge in [-0.3, -0.25) is 4.98 Å². The number of ether oxygens (including phenoxy) is 1. The van der Waals surface area contributed by atoms with Crippen LogP contribution in [-0.2, 0) is 11.3 Å². The summed E-state index contributed by atoms with van der Waals surface area (Å²) in [6.07, 6.45) is 3.20. The molecule has 0 saturated carbocycles. The number of aromatic nitrogens is 3. The van der Waals surface area contributed by atoms with Crippen molar-refractivity contribution in [3.05, 3.63) is 46.9 Å². The lowest BCUT2D eigenvalue weighted by molar-refractivity contribution is 0.155. The predicted molar refractivity (Wildman–Crippen MR) is 116 cm³/mol. The van der Waals surface area contributed by atoms with Gasteiger partial charge in [-0.25, -0.2) is 4.98 Å². The van der Waals surface area contributed by atoms with Crippen LogP contribution >= 0.6 is 0 Å². The summed E-state index contributed by atoms with van der Waals surface area (Å²) in [4.78, 5) is 9.86. The molecule has 0 spiro atoms. The Kier molecular flexibility index (Phi) is 6.16. The number of nitrogens with two attached hydrogens (primary N) is 1. The summed E-state index contributed by atoms with van der Waals surface area (Å²) in [5, 5.41) is 0. The van der Waals surface area contributed by atoms with Gasteiger partial charge >= 0.3 is 0 Å². The van der Waals surface area contributed by atoms with E-state index in [2.05, 4.69) is 63.6 Å². The van der Waals surface area contributed by atoms with Gasteiger partial charge in [0.1, 0.15) is 0 Å². The first-order valence-corrected chi connectivity index (χ1v) is 10.1. The number of fused-ring (bicyclic) bond motifs is 1. The molecule has 0 aliphatic heterocycles. The van der Waals surface area contributed by atoms with E-state index < -0.39 is 0 Å². The van der Waals surface area contributed by atoms with Gasteiger partial charge in [0.2, 0.25) is 0 Å². The van der Waals surface area contributed by atoms with Gasteiger partial charge in [0.25, 0.3) is 0 Å². The summed E-state index contributed by atoms with van der Waals surface area (Å²) < 4.78 is 7.74. The standard InChI is InChI=1S/C23H32N4O/c1-7-17(13-28-6)27-12-16(5)23-21(27)10-15(4)22(26-23)18-8-9-19(14(2)3)25-20(18)11-24/h8-10,12,14,17H,7,11,13,24H2,1-6H3/t17-/m1/s1. The van der Waals surface area contributed by atoms with Crippen LogP contribution in [-0.4, -0.2) is 28.3 Å². The SMILES string of the molecule is CC[C@H](COC)n1cc(C)c2nc(-c3ccc(C(C)C)nc3CN)c(C)cc21. The molecule has 0 amide bonds. The van der Waals surface area contributed by atoms with Crippen molar-refractivity contribution in [2.75, 3.05) is 13.7 Å². The highest BCUT2D eigenvalue weighted by atomic mass is 16.5. The van der Waals surface area contributed by atoms with Crippen molar-refractivity contribution in [2.45, 2.75) is 59.5 Å². The highest BCUT2D eigenvalue weighted by molar-refractivity contribution is 5.84. The van der Waals surface area contributed by atoms with E-state index >= 15 is 0 Å². The molecule has 3 aromatic rings. The largest absolute Gasteiger partial charge is 0.383 e. The van der Waals surface area contributed by atoms with Crippen LogP contribution in [0, 0.1) is 13.8 Å². The van der Waals surface area contributed by atoms with Crippen LogP contribution in [0.25, 0.3) is 22.3 Å². The van der Waals surface area contributed by atoms with Crippen molar-refractivity contribution in [3.63, 3.8) is 0 Å². The summed E-state index contributed by atoms with van der Waals surface area (Å²) in [6, 6.07) is 6.76. The second-order valence-electron chi connectivity index (χ2n) is 7.85. The fourth-order valence-corrected chi connectivity index (χ4v) is 3.80. The summed E-state index contributed by atoms with van der Waals surface area (Å²) in [7, 11) is 1.75. The number of pyridine rings is 2. The molecule has 0 aromatic carbocycles. The number of aryl methyl sites for hydroxylation is 2. The molecule has 3 aromatic heterocycles. The molecule has 2 N–H and O–H groups in total. The Morgan fingerprint density at radius 2 is 1.89 bits per heavy atom. The van der Waals surface area contributed by atoms with Gasteiger partial charge in [-0.05, 0) is 55.5 Å². The molecule has 5 nitrogen and oxygen atoms in total. The fraction of sp³-hybridized carbons (Fsp3) is 0.478. The van der Waals surface area contributed by atoms with Crippen molar-refractivity contribution < 1.29 is 4.74 Å². The lowest BCUT2D eigenvalue weighted by atomic mass is 10.0. The summed E-state index contributed by atoms with van der Waals surface area (Å²) >= 11 is 0. The first-order valence-electron chi connectivity index (χ1n) is 10.1.